The number of nitrogens with zero attached hydrogens (tertiary/aromatic N) is 1. The Morgan fingerprint density at radius 3 is 2.71 bits per heavy atom. The number of hydrogen-bond donors (Lipinski definition) is 1. The summed E-state index contributed by atoms with van der Waals surface area (Å²) < 4.78 is 24.5. The van der Waals surface area contributed by atoms with E-state index in [2.05, 4.69) is 11.2 Å². The minimum Gasteiger partial charge on any atom is -0.493 e. The van der Waals surface area contributed by atoms with E-state index in [1.165, 1.54) is 25.3 Å². The fourth-order valence-corrected chi connectivity index (χ4v) is 2.69. The molecule has 0 saturated carbocycles. The second-order valence-corrected chi connectivity index (χ2v) is 5.87. The van der Waals surface area contributed by atoms with Gasteiger partial charge >= 0.3 is 6.03 Å². The smallest absolute Gasteiger partial charge is 0.329 e. The summed E-state index contributed by atoms with van der Waals surface area (Å²) in [6.45, 7) is -0.0623. The van der Waals surface area contributed by atoms with Gasteiger partial charge in [0.25, 0.3) is 5.91 Å². The molecule has 0 bridgehead atoms. The van der Waals surface area contributed by atoms with Crippen LogP contribution in [0.15, 0.2) is 48.2 Å². The summed E-state index contributed by atoms with van der Waals surface area (Å²) in [6, 6.07) is 10.4. The number of nitrogens with one attached hydrogen (secondary N) is 1. The van der Waals surface area contributed by atoms with Crippen molar-refractivity contribution in [1.82, 2.24) is 10.2 Å². The Morgan fingerprint density at radius 1 is 1.21 bits per heavy atom. The topological polar surface area (TPSA) is 67.9 Å². The Hall–Kier alpha value is -3.79. The number of carbonyl (C=O) groups is 2. The SMILES string of the molecule is C#CCOc1ccc(C=C2NC(=O)N(Cc3ccccc3F)C2=O)cc1OC. The molecular formula is C21H17FN2O4. The van der Waals surface area contributed by atoms with Crippen LogP contribution >= 0.6 is 0 Å². The monoisotopic (exact) mass is 380 g/mol. The van der Waals surface area contributed by atoms with Crippen LogP contribution in [0.3, 0.4) is 0 Å². The number of halogens is 1. The molecule has 142 valence electrons. The Kier molecular flexibility index (Phi) is 5.61. The van der Waals surface area contributed by atoms with Crippen molar-refractivity contribution in [2.45, 2.75) is 6.54 Å². The minimum absolute atomic E-state index is 0.0840. The van der Waals surface area contributed by atoms with Crippen LogP contribution in [0, 0.1) is 18.2 Å². The fraction of sp³-hybridized carbons (Fsp3) is 0.143. The van der Waals surface area contributed by atoms with Gasteiger partial charge < -0.3 is 14.8 Å². The summed E-state index contributed by atoms with van der Waals surface area (Å²) in [4.78, 5) is 25.7. The predicted octanol–water partition coefficient (Wildman–Crippen LogP) is 2.94. The number of carbonyl (C=O) groups excluding carboxylic acids is 2. The van der Waals surface area contributed by atoms with E-state index in [-0.39, 0.29) is 24.4 Å². The summed E-state index contributed by atoms with van der Waals surface area (Å²) in [6.07, 6.45) is 6.69. The third-order valence-corrected chi connectivity index (χ3v) is 4.06. The maximum absolute atomic E-state index is 13.8. The van der Waals surface area contributed by atoms with Gasteiger partial charge in [-0.2, -0.15) is 0 Å². The Bertz CT molecular complexity index is 994. The van der Waals surface area contributed by atoms with Gasteiger partial charge in [0.05, 0.1) is 13.7 Å². The average Bonchev–Trinajstić information content (AvgIpc) is 2.95. The van der Waals surface area contributed by atoms with Crippen molar-refractivity contribution in [2.24, 2.45) is 0 Å². The van der Waals surface area contributed by atoms with E-state index in [4.69, 9.17) is 15.9 Å². The van der Waals surface area contributed by atoms with E-state index in [9.17, 15) is 14.0 Å². The standard InChI is InChI=1S/C21H17FN2O4/c1-3-10-28-18-9-8-14(12-19(18)27-2)11-17-20(25)24(21(26)23-17)13-15-6-4-5-7-16(15)22/h1,4-9,11-12H,10,13H2,2H3,(H,23,26). The number of ether oxygens (including phenoxy) is 2. The second-order valence-electron chi connectivity index (χ2n) is 5.87. The molecule has 28 heavy (non-hydrogen) atoms. The average molecular weight is 380 g/mol. The molecule has 1 fully saturated rings. The first-order valence-corrected chi connectivity index (χ1v) is 8.35. The van der Waals surface area contributed by atoms with E-state index < -0.39 is 17.8 Å². The summed E-state index contributed by atoms with van der Waals surface area (Å²) >= 11 is 0. The Balaban J connectivity index is 1.81. The molecule has 1 N–H and O–H groups in total. The van der Waals surface area contributed by atoms with E-state index in [1.807, 2.05) is 0 Å². The molecular weight excluding hydrogens is 363 g/mol. The molecule has 0 aromatic heterocycles. The van der Waals surface area contributed by atoms with Crippen LogP contribution in [0.5, 0.6) is 11.5 Å². The molecule has 3 amide bonds. The highest BCUT2D eigenvalue weighted by molar-refractivity contribution is 6.13. The van der Waals surface area contributed by atoms with Crippen LogP contribution in [0.25, 0.3) is 6.08 Å². The lowest BCUT2D eigenvalue weighted by atomic mass is 10.1. The van der Waals surface area contributed by atoms with Crippen LogP contribution in [-0.4, -0.2) is 30.6 Å². The van der Waals surface area contributed by atoms with Crippen LogP contribution in [0.1, 0.15) is 11.1 Å². The quantitative estimate of drug-likeness (QED) is 0.475. The van der Waals surface area contributed by atoms with Gasteiger partial charge in [0.1, 0.15) is 18.1 Å². The number of urea groups is 1. The zero-order chi connectivity index (χ0) is 20.1. The van der Waals surface area contributed by atoms with Crippen LogP contribution in [0.2, 0.25) is 0 Å². The number of methoxy groups -OCH3 is 1. The molecule has 6 nitrogen and oxygen atoms in total. The normalized spacial score (nSPS) is 14.8. The Labute approximate surface area is 161 Å². The molecule has 2 aromatic rings. The molecule has 0 atom stereocenters. The maximum atomic E-state index is 13.8. The van der Waals surface area contributed by atoms with Gasteiger partial charge in [0.15, 0.2) is 11.5 Å². The first-order chi connectivity index (χ1) is 13.5. The van der Waals surface area contributed by atoms with Crippen molar-refractivity contribution in [3.63, 3.8) is 0 Å². The van der Waals surface area contributed by atoms with Crippen molar-refractivity contribution >= 4 is 18.0 Å². The molecule has 0 unspecified atom stereocenters. The van der Waals surface area contributed by atoms with Crippen molar-refractivity contribution in [2.75, 3.05) is 13.7 Å². The van der Waals surface area contributed by atoms with Gasteiger partial charge in [0, 0.05) is 5.56 Å². The van der Waals surface area contributed by atoms with Crippen molar-refractivity contribution in [3.8, 4) is 23.8 Å². The molecule has 3 rings (SSSR count). The number of hydrogen-bond acceptors (Lipinski definition) is 4. The first kappa shape index (κ1) is 19.0. The maximum Gasteiger partial charge on any atom is 0.329 e. The highest BCUT2D eigenvalue weighted by atomic mass is 19.1. The number of amides is 3. The molecule has 2 aromatic carbocycles. The van der Waals surface area contributed by atoms with Gasteiger partial charge in [-0.15, -0.1) is 6.42 Å². The van der Waals surface area contributed by atoms with Crippen LogP contribution < -0.4 is 14.8 Å². The van der Waals surface area contributed by atoms with Gasteiger partial charge in [-0.3, -0.25) is 9.69 Å². The van der Waals surface area contributed by atoms with Crippen molar-refractivity contribution < 1.29 is 23.5 Å². The third-order valence-electron chi connectivity index (χ3n) is 4.06. The lowest BCUT2D eigenvalue weighted by Gasteiger charge is -2.12. The molecule has 7 heteroatoms. The summed E-state index contributed by atoms with van der Waals surface area (Å²) in [5, 5.41) is 2.51. The molecule has 0 spiro atoms. The zero-order valence-electron chi connectivity index (χ0n) is 15.1. The Morgan fingerprint density at radius 2 is 2.00 bits per heavy atom. The second kappa shape index (κ2) is 8.27. The lowest BCUT2D eigenvalue weighted by molar-refractivity contribution is -0.123. The van der Waals surface area contributed by atoms with Crippen LogP contribution in [0.4, 0.5) is 9.18 Å². The summed E-state index contributed by atoms with van der Waals surface area (Å²) in [7, 11) is 1.48. The van der Waals surface area contributed by atoms with Crippen LogP contribution in [-0.2, 0) is 11.3 Å². The van der Waals surface area contributed by atoms with E-state index >= 15 is 0 Å². The van der Waals surface area contributed by atoms with Gasteiger partial charge in [-0.25, -0.2) is 9.18 Å². The lowest BCUT2D eigenvalue weighted by Crippen LogP contribution is -2.30. The van der Waals surface area contributed by atoms with E-state index in [0.29, 0.717) is 17.1 Å². The van der Waals surface area contributed by atoms with E-state index in [0.717, 1.165) is 4.90 Å². The molecule has 1 saturated heterocycles. The van der Waals surface area contributed by atoms with Gasteiger partial charge in [0.2, 0.25) is 0 Å². The summed E-state index contributed by atoms with van der Waals surface area (Å²) in [5.41, 5.74) is 0.950. The van der Waals surface area contributed by atoms with Crippen molar-refractivity contribution in [1.29, 1.82) is 0 Å². The molecule has 0 aliphatic carbocycles. The molecule has 0 radical (unpaired) electrons. The van der Waals surface area contributed by atoms with Gasteiger partial charge in [-0.1, -0.05) is 30.2 Å². The number of benzene rings is 2. The highest BCUT2D eigenvalue weighted by Gasteiger charge is 2.34. The number of terminal acetylenes is 1. The minimum atomic E-state index is -0.611. The zero-order valence-corrected chi connectivity index (χ0v) is 15.1. The largest absolute Gasteiger partial charge is 0.493 e. The predicted molar refractivity (Wildman–Crippen MR) is 101 cm³/mol. The third kappa shape index (κ3) is 3.96. The fourth-order valence-electron chi connectivity index (χ4n) is 2.69. The van der Waals surface area contributed by atoms with Gasteiger partial charge in [-0.05, 0) is 29.8 Å². The van der Waals surface area contributed by atoms with Crippen molar-refractivity contribution in [3.05, 3.63) is 65.1 Å². The molecule has 1 aliphatic heterocycles. The first-order valence-electron chi connectivity index (χ1n) is 8.35. The number of imide groups is 1. The van der Waals surface area contributed by atoms with E-state index in [1.54, 1.807) is 30.3 Å². The highest BCUT2D eigenvalue weighted by Crippen LogP contribution is 2.29. The number of rotatable bonds is 6. The molecule has 1 aliphatic rings. The molecule has 1 heterocycles. The summed E-state index contributed by atoms with van der Waals surface area (Å²) in [5.74, 6) is 2.24.